The maximum atomic E-state index is 13.4. The molecule has 1 amide bonds. The number of pyridine rings is 1. The second kappa shape index (κ2) is 7.75. The van der Waals surface area contributed by atoms with Gasteiger partial charge in [-0.1, -0.05) is 30.3 Å². The number of fused-ring (bicyclic) bond motifs is 1. The van der Waals surface area contributed by atoms with Crippen LogP contribution in [-0.2, 0) is 0 Å². The molecule has 3 aromatic heterocycles. The first-order valence-electron chi connectivity index (χ1n) is 9.86. The molecule has 1 aliphatic heterocycles. The van der Waals surface area contributed by atoms with Crippen molar-refractivity contribution in [1.82, 2.24) is 19.6 Å². The smallest absolute Gasteiger partial charge is 0.277 e. The molecule has 0 spiro atoms. The fourth-order valence-corrected chi connectivity index (χ4v) is 3.49. The van der Waals surface area contributed by atoms with Gasteiger partial charge in [0, 0.05) is 24.2 Å². The predicted molar refractivity (Wildman–Crippen MR) is 112 cm³/mol. The van der Waals surface area contributed by atoms with Crippen LogP contribution >= 0.6 is 0 Å². The lowest BCUT2D eigenvalue weighted by molar-refractivity contribution is 0.102. The summed E-state index contributed by atoms with van der Waals surface area (Å²) in [5, 5.41) is 7.18. The van der Waals surface area contributed by atoms with Crippen LogP contribution in [0.15, 0.2) is 60.8 Å². The highest BCUT2D eigenvalue weighted by Crippen LogP contribution is 2.30. The van der Waals surface area contributed by atoms with Crippen LogP contribution in [0.3, 0.4) is 0 Å². The molecule has 31 heavy (non-hydrogen) atoms. The molecule has 1 saturated heterocycles. The Balaban J connectivity index is 1.47. The van der Waals surface area contributed by atoms with E-state index in [0.717, 1.165) is 25.3 Å². The van der Waals surface area contributed by atoms with Crippen LogP contribution in [0.5, 0.6) is 0 Å². The molecular weight excluding hydrogens is 402 g/mol. The van der Waals surface area contributed by atoms with Gasteiger partial charge in [-0.25, -0.2) is 23.3 Å². The highest BCUT2D eigenvalue weighted by molar-refractivity contribution is 6.03. The van der Waals surface area contributed by atoms with E-state index in [1.54, 1.807) is 36.4 Å². The molecule has 4 aromatic rings. The Morgan fingerprint density at radius 1 is 1.03 bits per heavy atom. The number of nitrogens with one attached hydrogen (secondary N) is 1. The summed E-state index contributed by atoms with van der Waals surface area (Å²) in [5.41, 5.74) is 1.14. The number of imidazole rings is 1. The number of amides is 1. The van der Waals surface area contributed by atoms with Crippen molar-refractivity contribution in [2.24, 2.45) is 0 Å². The van der Waals surface area contributed by atoms with E-state index in [1.165, 1.54) is 16.8 Å². The lowest BCUT2D eigenvalue weighted by atomic mass is 10.0. The predicted octanol–water partition coefficient (Wildman–Crippen LogP) is 4.19. The van der Waals surface area contributed by atoms with Gasteiger partial charge in [-0.3, -0.25) is 4.79 Å². The molecule has 1 aromatic carbocycles. The number of aromatic nitrogens is 4. The first-order valence-corrected chi connectivity index (χ1v) is 9.86. The molecule has 0 atom stereocenters. The van der Waals surface area contributed by atoms with E-state index in [9.17, 15) is 13.6 Å². The van der Waals surface area contributed by atoms with Crippen LogP contribution in [0.25, 0.3) is 16.9 Å². The van der Waals surface area contributed by atoms with E-state index in [0.29, 0.717) is 22.7 Å². The van der Waals surface area contributed by atoms with Crippen molar-refractivity contribution in [2.75, 3.05) is 23.3 Å². The Kier molecular flexibility index (Phi) is 4.78. The van der Waals surface area contributed by atoms with E-state index in [2.05, 4.69) is 25.3 Å². The van der Waals surface area contributed by atoms with Crippen molar-refractivity contribution < 1.29 is 13.6 Å². The second-order valence-electron chi connectivity index (χ2n) is 7.20. The molecule has 1 aliphatic rings. The summed E-state index contributed by atoms with van der Waals surface area (Å²) < 4.78 is 28.2. The van der Waals surface area contributed by atoms with E-state index in [1.807, 2.05) is 12.1 Å². The van der Waals surface area contributed by atoms with Gasteiger partial charge in [0.2, 0.25) is 0 Å². The van der Waals surface area contributed by atoms with E-state index < -0.39 is 12.3 Å². The third kappa shape index (κ3) is 3.58. The number of hydrogen-bond acceptors (Lipinski definition) is 5. The number of alkyl halides is 2. The monoisotopic (exact) mass is 420 g/mol. The Bertz CT molecular complexity index is 1270. The molecule has 0 bridgehead atoms. The normalized spacial score (nSPS) is 13.5. The molecule has 156 valence electrons. The number of benzene rings is 1. The van der Waals surface area contributed by atoms with Crippen LogP contribution in [0, 0.1) is 0 Å². The summed E-state index contributed by atoms with van der Waals surface area (Å²) in [6.07, 6.45) is -0.105. The molecular formula is C22H18F2N6O. The number of rotatable bonds is 5. The Hall–Kier alpha value is -3.88. The molecule has 0 radical (unpaired) electrons. The summed E-state index contributed by atoms with van der Waals surface area (Å²) >= 11 is 0. The van der Waals surface area contributed by atoms with Gasteiger partial charge in [0.15, 0.2) is 11.3 Å². The van der Waals surface area contributed by atoms with Gasteiger partial charge in [0.05, 0.1) is 11.9 Å². The van der Waals surface area contributed by atoms with Crippen LogP contribution < -0.4 is 10.2 Å². The lowest BCUT2D eigenvalue weighted by Gasteiger charge is -2.32. The minimum atomic E-state index is -2.64. The summed E-state index contributed by atoms with van der Waals surface area (Å²) in [4.78, 5) is 23.7. The van der Waals surface area contributed by atoms with Crippen molar-refractivity contribution in [2.45, 2.75) is 12.8 Å². The summed E-state index contributed by atoms with van der Waals surface area (Å²) in [5.74, 6) is 0.794. The number of hydrogen-bond donors (Lipinski definition) is 1. The fourth-order valence-electron chi connectivity index (χ4n) is 3.49. The maximum absolute atomic E-state index is 13.4. The molecule has 9 heteroatoms. The van der Waals surface area contributed by atoms with Gasteiger partial charge < -0.3 is 10.2 Å². The number of anilines is 2. The number of halogens is 2. The number of carbonyl (C=O) groups is 1. The van der Waals surface area contributed by atoms with E-state index in [-0.39, 0.29) is 11.3 Å². The van der Waals surface area contributed by atoms with Gasteiger partial charge in [-0.2, -0.15) is 5.10 Å². The highest BCUT2D eigenvalue weighted by Gasteiger charge is 2.19. The first-order chi connectivity index (χ1) is 15.1. The standard InChI is InChI=1S/C22H18F2N6O/c23-21(24)15-6-2-1-5-14(15)16-9-10-19-25-13-17(30(19)28-16)22(31)27-18-7-3-8-20(26-18)29-11-4-12-29/h1-3,5-10,13,21H,4,11-12H2,(H,26,27,31). The lowest BCUT2D eigenvalue weighted by Crippen LogP contribution is -2.37. The van der Waals surface area contributed by atoms with E-state index in [4.69, 9.17) is 0 Å². The van der Waals surface area contributed by atoms with Crippen molar-refractivity contribution in [1.29, 1.82) is 0 Å². The van der Waals surface area contributed by atoms with Crippen LogP contribution in [0.4, 0.5) is 20.4 Å². The first kappa shape index (κ1) is 19.1. The molecule has 0 unspecified atom stereocenters. The van der Waals surface area contributed by atoms with Crippen molar-refractivity contribution in [3.05, 3.63) is 72.1 Å². The third-order valence-corrected chi connectivity index (χ3v) is 5.22. The molecule has 7 nitrogen and oxygen atoms in total. The van der Waals surface area contributed by atoms with Gasteiger partial charge >= 0.3 is 0 Å². The average Bonchev–Trinajstić information content (AvgIpc) is 3.16. The Morgan fingerprint density at radius 2 is 1.87 bits per heavy atom. The SMILES string of the molecule is O=C(Nc1cccc(N2CCC2)n1)c1cnc2ccc(-c3ccccc3C(F)F)nn12. The summed E-state index contributed by atoms with van der Waals surface area (Å²) in [6, 6.07) is 14.9. The molecule has 0 saturated carbocycles. The maximum Gasteiger partial charge on any atom is 0.277 e. The van der Waals surface area contributed by atoms with Gasteiger partial charge in [-0.05, 0) is 30.7 Å². The van der Waals surface area contributed by atoms with Crippen molar-refractivity contribution in [3.8, 4) is 11.3 Å². The second-order valence-corrected chi connectivity index (χ2v) is 7.20. The minimum Gasteiger partial charge on any atom is -0.356 e. The number of carbonyl (C=O) groups excluding carboxylic acids is 1. The highest BCUT2D eigenvalue weighted by atomic mass is 19.3. The molecule has 1 fully saturated rings. The zero-order valence-corrected chi connectivity index (χ0v) is 16.4. The quantitative estimate of drug-likeness (QED) is 0.524. The Labute approximate surface area is 176 Å². The summed E-state index contributed by atoms with van der Waals surface area (Å²) in [6.45, 7) is 1.90. The van der Waals surface area contributed by atoms with E-state index >= 15 is 0 Å². The Morgan fingerprint density at radius 3 is 2.65 bits per heavy atom. The summed E-state index contributed by atoms with van der Waals surface area (Å²) in [7, 11) is 0. The molecule has 0 aliphatic carbocycles. The number of nitrogens with zero attached hydrogens (tertiary/aromatic N) is 5. The van der Waals surface area contributed by atoms with Gasteiger partial charge in [0.1, 0.15) is 11.6 Å². The van der Waals surface area contributed by atoms with Crippen molar-refractivity contribution >= 4 is 23.2 Å². The molecule has 4 heterocycles. The minimum absolute atomic E-state index is 0.118. The van der Waals surface area contributed by atoms with Crippen LogP contribution in [0.1, 0.15) is 28.9 Å². The third-order valence-electron chi connectivity index (χ3n) is 5.22. The topological polar surface area (TPSA) is 75.4 Å². The van der Waals surface area contributed by atoms with Gasteiger partial charge in [-0.15, -0.1) is 0 Å². The zero-order chi connectivity index (χ0) is 21.4. The average molecular weight is 420 g/mol. The molecule has 1 N–H and O–H groups in total. The largest absolute Gasteiger partial charge is 0.356 e. The van der Waals surface area contributed by atoms with Crippen LogP contribution in [0.2, 0.25) is 0 Å². The molecule has 5 rings (SSSR count). The fraction of sp³-hybridized carbons (Fsp3) is 0.182. The zero-order valence-electron chi connectivity index (χ0n) is 16.4. The van der Waals surface area contributed by atoms with Gasteiger partial charge in [0.25, 0.3) is 12.3 Å². The van der Waals surface area contributed by atoms with Crippen molar-refractivity contribution in [3.63, 3.8) is 0 Å². The van der Waals surface area contributed by atoms with Crippen LogP contribution in [-0.4, -0.2) is 38.6 Å².